The number of hydrogen-bond acceptors (Lipinski definition) is 5. The lowest BCUT2D eigenvalue weighted by Gasteiger charge is -2.33. The molecule has 0 spiro atoms. The predicted molar refractivity (Wildman–Crippen MR) is 89.5 cm³/mol. The molecule has 1 N–H and O–H groups in total. The summed E-state index contributed by atoms with van der Waals surface area (Å²) in [6.45, 7) is 3.05. The first-order valence-corrected chi connectivity index (χ1v) is 8.86. The Bertz CT molecular complexity index is 602. The molecule has 1 aromatic rings. The van der Waals surface area contributed by atoms with Crippen molar-refractivity contribution in [2.45, 2.75) is 32.2 Å². The van der Waals surface area contributed by atoms with Gasteiger partial charge in [0.2, 0.25) is 0 Å². The number of thiophene rings is 1. The Labute approximate surface area is 144 Å². The monoisotopic (exact) mass is 351 g/mol. The number of carbonyl (C=O) groups excluding carboxylic acids is 4. The van der Waals surface area contributed by atoms with E-state index in [4.69, 9.17) is 0 Å². The van der Waals surface area contributed by atoms with Gasteiger partial charge in [0, 0.05) is 24.5 Å². The fraction of sp³-hybridized carbons (Fsp3) is 0.500. The molecule has 0 aliphatic carbocycles. The third-order valence-electron chi connectivity index (χ3n) is 3.85. The molecule has 1 saturated heterocycles. The third-order valence-corrected chi connectivity index (χ3v) is 4.81. The van der Waals surface area contributed by atoms with Gasteiger partial charge in [0.25, 0.3) is 0 Å². The Hall–Kier alpha value is -2.22. The molecule has 1 fully saturated rings. The van der Waals surface area contributed by atoms with Crippen LogP contribution in [0.2, 0.25) is 0 Å². The maximum atomic E-state index is 12.3. The Morgan fingerprint density at radius 3 is 2.75 bits per heavy atom. The number of nitrogens with zero attached hydrogens (tertiary/aromatic N) is 2. The van der Waals surface area contributed by atoms with E-state index >= 15 is 0 Å². The smallest absolute Gasteiger partial charge is 0.325 e. The molecule has 0 saturated carbocycles. The minimum atomic E-state index is -0.842. The summed E-state index contributed by atoms with van der Waals surface area (Å²) in [6, 6.07) is 1.96. The van der Waals surface area contributed by atoms with E-state index in [0.717, 1.165) is 24.2 Å². The van der Waals surface area contributed by atoms with Crippen LogP contribution in [0.4, 0.5) is 4.79 Å². The molecular weight excluding hydrogens is 330 g/mol. The van der Waals surface area contributed by atoms with Crippen LogP contribution in [0.3, 0.4) is 0 Å². The molecule has 130 valence electrons. The van der Waals surface area contributed by atoms with E-state index in [9.17, 15) is 19.2 Å². The standard InChI is InChI=1S/C16H21N3O4S/c1-2-3-4-7-18-8-9-19(15(22)14(18)21)16(23)17-12(11-20)13-6-5-10-24-13/h5-6,10-12H,2-4,7-9H2,1H3,(H,17,23). The number of carbonyl (C=O) groups is 4. The molecular formula is C16H21N3O4S. The van der Waals surface area contributed by atoms with Gasteiger partial charge in [-0.25, -0.2) is 4.79 Å². The maximum absolute atomic E-state index is 12.3. The van der Waals surface area contributed by atoms with Crippen molar-refractivity contribution in [2.75, 3.05) is 19.6 Å². The van der Waals surface area contributed by atoms with Crippen LogP contribution in [0.1, 0.15) is 37.1 Å². The summed E-state index contributed by atoms with van der Waals surface area (Å²) in [5, 5.41) is 4.29. The fourth-order valence-corrected chi connectivity index (χ4v) is 3.22. The van der Waals surface area contributed by atoms with E-state index in [1.165, 1.54) is 16.2 Å². The van der Waals surface area contributed by atoms with Crippen molar-refractivity contribution >= 4 is 35.5 Å². The zero-order chi connectivity index (χ0) is 17.5. The van der Waals surface area contributed by atoms with Crippen LogP contribution in [-0.2, 0) is 14.4 Å². The average molecular weight is 351 g/mol. The first-order chi connectivity index (χ1) is 11.6. The van der Waals surface area contributed by atoms with Gasteiger partial charge in [0.05, 0.1) is 0 Å². The van der Waals surface area contributed by atoms with Gasteiger partial charge in [0.1, 0.15) is 12.3 Å². The van der Waals surface area contributed by atoms with Crippen LogP contribution in [0.5, 0.6) is 0 Å². The van der Waals surface area contributed by atoms with Crippen molar-refractivity contribution in [3.05, 3.63) is 22.4 Å². The number of amides is 4. The zero-order valence-electron chi connectivity index (χ0n) is 13.6. The first kappa shape index (κ1) is 18.1. The van der Waals surface area contributed by atoms with Crippen LogP contribution in [0.15, 0.2) is 17.5 Å². The highest BCUT2D eigenvalue weighted by Gasteiger charge is 2.36. The van der Waals surface area contributed by atoms with Gasteiger partial charge in [-0.1, -0.05) is 25.8 Å². The Morgan fingerprint density at radius 1 is 1.33 bits per heavy atom. The predicted octanol–water partition coefficient (Wildman–Crippen LogP) is 1.56. The quantitative estimate of drug-likeness (QED) is 0.459. The fourth-order valence-electron chi connectivity index (χ4n) is 2.49. The molecule has 2 heterocycles. The number of imide groups is 1. The van der Waals surface area contributed by atoms with Gasteiger partial charge in [-0.2, -0.15) is 0 Å². The Balaban J connectivity index is 1.95. The number of unbranched alkanes of at least 4 members (excludes halogenated alkanes) is 2. The van der Waals surface area contributed by atoms with Crippen molar-refractivity contribution in [3.63, 3.8) is 0 Å². The number of urea groups is 1. The van der Waals surface area contributed by atoms with Crippen LogP contribution in [0.25, 0.3) is 0 Å². The van der Waals surface area contributed by atoms with Crippen LogP contribution >= 0.6 is 11.3 Å². The normalized spacial score (nSPS) is 16.2. The van der Waals surface area contributed by atoms with E-state index in [2.05, 4.69) is 12.2 Å². The maximum Gasteiger partial charge on any atom is 0.325 e. The molecule has 1 aliphatic heterocycles. The second-order valence-corrected chi connectivity index (χ2v) is 6.51. The number of piperazine rings is 1. The van der Waals surface area contributed by atoms with Crippen LogP contribution in [0, 0.1) is 0 Å². The summed E-state index contributed by atoms with van der Waals surface area (Å²) in [5.74, 6) is -1.50. The van der Waals surface area contributed by atoms with Gasteiger partial charge >= 0.3 is 17.8 Å². The summed E-state index contributed by atoms with van der Waals surface area (Å²) in [6.07, 6.45) is 3.47. The second-order valence-electron chi connectivity index (χ2n) is 5.53. The highest BCUT2D eigenvalue weighted by molar-refractivity contribution is 7.10. The van der Waals surface area contributed by atoms with E-state index in [1.54, 1.807) is 17.5 Å². The molecule has 1 aromatic heterocycles. The third kappa shape index (κ3) is 4.19. The minimum absolute atomic E-state index is 0.137. The molecule has 0 aromatic carbocycles. The first-order valence-electron chi connectivity index (χ1n) is 7.98. The summed E-state index contributed by atoms with van der Waals surface area (Å²) < 4.78 is 0. The highest BCUT2D eigenvalue weighted by Crippen LogP contribution is 2.18. The highest BCUT2D eigenvalue weighted by atomic mass is 32.1. The second kappa shape index (κ2) is 8.58. The molecule has 0 radical (unpaired) electrons. The summed E-state index contributed by atoms with van der Waals surface area (Å²) in [5.41, 5.74) is 0. The van der Waals surface area contributed by atoms with Gasteiger partial charge in [-0.05, 0) is 17.9 Å². The number of rotatable bonds is 7. The van der Waals surface area contributed by atoms with Crippen LogP contribution in [-0.4, -0.2) is 53.6 Å². The molecule has 24 heavy (non-hydrogen) atoms. The van der Waals surface area contributed by atoms with Gasteiger partial charge < -0.3 is 15.0 Å². The topological polar surface area (TPSA) is 86.8 Å². The van der Waals surface area contributed by atoms with Crippen molar-refractivity contribution in [1.82, 2.24) is 15.1 Å². The summed E-state index contributed by atoms with van der Waals surface area (Å²) in [4.78, 5) is 50.7. The van der Waals surface area contributed by atoms with E-state index in [-0.39, 0.29) is 6.54 Å². The van der Waals surface area contributed by atoms with Crippen molar-refractivity contribution < 1.29 is 19.2 Å². The molecule has 7 nitrogen and oxygen atoms in total. The molecule has 0 bridgehead atoms. The van der Waals surface area contributed by atoms with E-state index in [1.807, 2.05) is 0 Å². The Kier molecular flexibility index (Phi) is 6.48. The lowest BCUT2D eigenvalue weighted by molar-refractivity contribution is -0.153. The average Bonchev–Trinajstić information content (AvgIpc) is 3.11. The molecule has 1 unspecified atom stereocenters. The molecule has 2 rings (SSSR count). The van der Waals surface area contributed by atoms with Gasteiger partial charge in [0.15, 0.2) is 0 Å². The number of nitrogens with one attached hydrogen (secondary N) is 1. The minimum Gasteiger partial charge on any atom is -0.333 e. The zero-order valence-corrected chi connectivity index (χ0v) is 14.4. The molecule has 4 amide bonds. The molecule has 8 heteroatoms. The summed E-state index contributed by atoms with van der Waals surface area (Å²) >= 11 is 1.33. The van der Waals surface area contributed by atoms with Gasteiger partial charge in [-0.15, -0.1) is 11.3 Å². The van der Waals surface area contributed by atoms with Crippen molar-refractivity contribution in [3.8, 4) is 0 Å². The molecule has 1 aliphatic rings. The van der Waals surface area contributed by atoms with E-state index in [0.29, 0.717) is 24.3 Å². The number of hydrogen-bond donors (Lipinski definition) is 1. The lowest BCUT2D eigenvalue weighted by atomic mass is 10.2. The molecule has 1 atom stereocenters. The largest absolute Gasteiger partial charge is 0.333 e. The lowest BCUT2D eigenvalue weighted by Crippen LogP contribution is -2.58. The van der Waals surface area contributed by atoms with Crippen LogP contribution < -0.4 is 5.32 Å². The summed E-state index contributed by atoms with van der Waals surface area (Å²) in [7, 11) is 0. The SMILES string of the molecule is CCCCCN1CCN(C(=O)NC(C=O)c2cccs2)C(=O)C1=O. The van der Waals surface area contributed by atoms with Crippen molar-refractivity contribution in [2.24, 2.45) is 0 Å². The Morgan fingerprint density at radius 2 is 2.12 bits per heavy atom. The van der Waals surface area contributed by atoms with Crippen molar-refractivity contribution in [1.29, 1.82) is 0 Å². The van der Waals surface area contributed by atoms with E-state index < -0.39 is 23.9 Å². The van der Waals surface area contributed by atoms with Gasteiger partial charge in [-0.3, -0.25) is 14.5 Å². The number of aldehydes is 1.